The number of hydrogen-bond acceptors (Lipinski definition) is 3. The summed E-state index contributed by atoms with van der Waals surface area (Å²) in [7, 11) is 1.56. The molecule has 1 heterocycles. The van der Waals surface area contributed by atoms with Crippen molar-refractivity contribution >= 4 is 12.0 Å². The second kappa shape index (κ2) is 7.31. The van der Waals surface area contributed by atoms with Crippen LogP contribution >= 0.6 is 0 Å². The van der Waals surface area contributed by atoms with Gasteiger partial charge in [-0.05, 0) is 17.7 Å². The van der Waals surface area contributed by atoms with Gasteiger partial charge in [0.05, 0.1) is 12.7 Å². The number of aliphatic carboxylic acids is 1. The second-order valence-corrected chi connectivity index (χ2v) is 4.87. The molecular formula is C16H18N2O4. The molecule has 0 spiro atoms. The van der Waals surface area contributed by atoms with E-state index in [1.165, 1.54) is 4.90 Å². The molecule has 22 heavy (non-hydrogen) atoms. The summed E-state index contributed by atoms with van der Waals surface area (Å²) >= 11 is 0. The fourth-order valence-electron chi connectivity index (χ4n) is 2.02. The van der Waals surface area contributed by atoms with E-state index in [1.807, 2.05) is 30.3 Å². The van der Waals surface area contributed by atoms with E-state index < -0.39 is 12.0 Å². The second-order valence-electron chi connectivity index (χ2n) is 4.87. The van der Waals surface area contributed by atoms with Gasteiger partial charge in [-0.15, -0.1) is 0 Å². The lowest BCUT2D eigenvalue weighted by atomic mass is 10.0. The molecule has 2 amide bonds. The molecule has 1 unspecified atom stereocenters. The van der Waals surface area contributed by atoms with Gasteiger partial charge in [0.15, 0.2) is 0 Å². The quantitative estimate of drug-likeness (QED) is 0.858. The van der Waals surface area contributed by atoms with Crippen LogP contribution in [0, 0.1) is 0 Å². The molecule has 0 bridgehead atoms. The summed E-state index contributed by atoms with van der Waals surface area (Å²) in [6.07, 6.45) is 1.45. The number of carbonyl (C=O) groups is 2. The number of urea groups is 1. The zero-order chi connectivity index (χ0) is 15.9. The van der Waals surface area contributed by atoms with Gasteiger partial charge in [0.2, 0.25) is 0 Å². The number of rotatable bonds is 6. The van der Waals surface area contributed by atoms with E-state index in [9.17, 15) is 9.59 Å². The van der Waals surface area contributed by atoms with Gasteiger partial charge in [-0.25, -0.2) is 4.79 Å². The topological polar surface area (TPSA) is 82.8 Å². The molecule has 2 N–H and O–H groups in total. The van der Waals surface area contributed by atoms with Gasteiger partial charge >= 0.3 is 12.0 Å². The van der Waals surface area contributed by atoms with E-state index in [1.54, 1.807) is 25.4 Å². The highest BCUT2D eigenvalue weighted by Crippen LogP contribution is 2.22. The maximum atomic E-state index is 12.2. The van der Waals surface area contributed by atoms with Gasteiger partial charge in [0, 0.05) is 13.6 Å². The first kappa shape index (κ1) is 15.6. The summed E-state index contributed by atoms with van der Waals surface area (Å²) in [6, 6.07) is 12.2. The Hall–Kier alpha value is -2.76. The average Bonchev–Trinajstić information content (AvgIpc) is 3.04. The highest BCUT2D eigenvalue weighted by atomic mass is 16.4. The lowest BCUT2D eigenvalue weighted by Gasteiger charge is -2.22. The molecule has 0 aliphatic heterocycles. The maximum Gasteiger partial charge on any atom is 0.318 e. The van der Waals surface area contributed by atoms with E-state index in [-0.39, 0.29) is 19.0 Å². The van der Waals surface area contributed by atoms with Gasteiger partial charge in [0.25, 0.3) is 0 Å². The number of furan rings is 1. The predicted octanol–water partition coefficient (Wildman–Crippen LogP) is 2.49. The number of carboxylic acids is 1. The van der Waals surface area contributed by atoms with Crippen molar-refractivity contribution in [3.8, 4) is 0 Å². The first-order chi connectivity index (χ1) is 10.6. The number of carboxylic acid groups (broad SMARTS) is 1. The Kier molecular flexibility index (Phi) is 5.19. The lowest BCUT2D eigenvalue weighted by molar-refractivity contribution is -0.137. The Labute approximate surface area is 128 Å². The summed E-state index contributed by atoms with van der Waals surface area (Å²) in [5.41, 5.74) is 0.887. The molecule has 1 aromatic heterocycles. The lowest BCUT2D eigenvalue weighted by Crippen LogP contribution is -2.40. The van der Waals surface area contributed by atoms with Crippen molar-refractivity contribution in [3.63, 3.8) is 0 Å². The number of nitrogens with zero attached hydrogens (tertiary/aromatic N) is 1. The molecule has 0 aliphatic carbocycles. The Bertz CT molecular complexity index is 610. The molecule has 2 aromatic rings. The molecule has 1 atom stereocenters. The van der Waals surface area contributed by atoms with Crippen molar-refractivity contribution in [2.45, 2.75) is 12.5 Å². The van der Waals surface area contributed by atoms with Gasteiger partial charge in [-0.3, -0.25) is 4.79 Å². The van der Waals surface area contributed by atoms with Crippen LogP contribution in [0.25, 0.3) is 0 Å². The van der Waals surface area contributed by atoms with E-state index in [2.05, 4.69) is 5.32 Å². The summed E-state index contributed by atoms with van der Waals surface area (Å²) in [6.45, 7) is 0.140. The van der Waals surface area contributed by atoms with Crippen LogP contribution in [-0.4, -0.2) is 35.6 Å². The molecule has 0 aliphatic rings. The first-order valence-electron chi connectivity index (χ1n) is 6.89. The third kappa shape index (κ3) is 4.12. The number of amides is 2. The molecule has 6 nitrogen and oxygen atoms in total. The molecular weight excluding hydrogens is 284 g/mol. The van der Waals surface area contributed by atoms with E-state index in [0.717, 1.165) is 5.56 Å². The van der Waals surface area contributed by atoms with Gasteiger partial charge in [-0.2, -0.15) is 0 Å². The number of carbonyl (C=O) groups excluding carboxylic acids is 1. The third-order valence-corrected chi connectivity index (χ3v) is 3.24. The number of hydrogen-bond donors (Lipinski definition) is 2. The van der Waals surface area contributed by atoms with E-state index in [4.69, 9.17) is 9.52 Å². The fraction of sp³-hybridized carbons (Fsp3) is 0.250. The maximum absolute atomic E-state index is 12.2. The average molecular weight is 302 g/mol. The number of nitrogens with one attached hydrogen (secondary N) is 1. The molecule has 116 valence electrons. The van der Waals surface area contributed by atoms with Crippen molar-refractivity contribution in [3.05, 3.63) is 60.1 Å². The molecule has 0 saturated heterocycles. The van der Waals surface area contributed by atoms with E-state index in [0.29, 0.717) is 5.76 Å². The number of benzene rings is 1. The van der Waals surface area contributed by atoms with Crippen LogP contribution in [0.1, 0.15) is 23.8 Å². The van der Waals surface area contributed by atoms with Crippen LogP contribution in [0.2, 0.25) is 0 Å². The Morgan fingerprint density at radius 3 is 2.55 bits per heavy atom. The SMILES string of the molecule is CN(CCC(=O)O)C(=O)NC(c1ccccc1)c1ccco1. The summed E-state index contributed by atoms with van der Waals surface area (Å²) < 4.78 is 5.40. The monoisotopic (exact) mass is 302 g/mol. The van der Waals surface area contributed by atoms with E-state index >= 15 is 0 Å². The Balaban J connectivity index is 2.10. The Morgan fingerprint density at radius 1 is 1.23 bits per heavy atom. The van der Waals surface area contributed by atoms with Crippen LogP contribution in [0.15, 0.2) is 53.1 Å². The van der Waals surface area contributed by atoms with Crippen molar-refractivity contribution in [1.82, 2.24) is 10.2 Å². The van der Waals surface area contributed by atoms with Crippen LogP contribution in [-0.2, 0) is 4.79 Å². The smallest absolute Gasteiger partial charge is 0.318 e. The van der Waals surface area contributed by atoms with Crippen molar-refractivity contribution in [2.24, 2.45) is 0 Å². The highest BCUT2D eigenvalue weighted by Gasteiger charge is 2.21. The molecule has 6 heteroatoms. The van der Waals surface area contributed by atoms with Crippen LogP contribution < -0.4 is 5.32 Å². The van der Waals surface area contributed by atoms with Crippen molar-refractivity contribution in [1.29, 1.82) is 0 Å². The largest absolute Gasteiger partial charge is 0.481 e. The van der Waals surface area contributed by atoms with Crippen molar-refractivity contribution < 1.29 is 19.1 Å². The molecule has 2 rings (SSSR count). The summed E-state index contributed by atoms with van der Waals surface area (Å²) in [5, 5.41) is 11.5. The first-order valence-corrected chi connectivity index (χ1v) is 6.89. The van der Waals surface area contributed by atoms with Crippen LogP contribution in [0.3, 0.4) is 0 Å². The minimum absolute atomic E-state index is 0.0966. The molecule has 1 aromatic carbocycles. The van der Waals surface area contributed by atoms with Crippen LogP contribution in [0.4, 0.5) is 4.79 Å². The minimum Gasteiger partial charge on any atom is -0.481 e. The van der Waals surface area contributed by atoms with Crippen molar-refractivity contribution in [2.75, 3.05) is 13.6 Å². The summed E-state index contributed by atoms with van der Waals surface area (Å²) in [4.78, 5) is 24.1. The fourth-order valence-corrected chi connectivity index (χ4v) is 2.02. The molecule has 0 radical (unpaired) electrons. The normalized spacial score (nSPS) is 11.7. The van der Waals surface area contributed by atoms with Gasteiger partial charge in [-0.1, -0.05) is 30.3 Å². The summed E-state index contributed by atoms with van der Waals surface area (Å²) in [5.74, 6) is -0.323. The zero-order valence-corrected chi connectivity index (χ0v) is 12.2. The van der Waals surface area contributed by atoms with Gasteiger partial charge in [0.1, 0.15) is 11.8 Å². The Morgan fingerprint density at radius 2 is 1.95 bits per heavy atom. The minimum atomic E-state index is -0.940. The standard InChI is InChI=1S/C16H18N2O4/c1-18(10-9-14(19)20)16(21)17-15(13-8-5-11-22-13)12-6-3-2-4-7-12/h2-8,11,15H,9-10H2,1H3,(H,17,21)(H,19,20). The highest BCUT2D eigenvalue weighted by molar-refractivity contribution is 5.75. The predicted molar refractivity (Wildman–Crippen MR) is 80.4 cm³/mol. The van der Waals surface area contributed by atoms with Crippen LogP contribution in [0.5, 0.6) is 0 Å². The molecule has 0 fully saturated rings. The van der Waals surface area contributed by atoms with Gasteiger partial charge < -0.3 is 19.7 Å². The zero-order valence-electron chi connectivity index (χ0n) is 12.2. The molecule has 0 saturated carbocycles. The third-order valence-electron chi connectivity index (χ3n) is 3.24.